The van der Waals surface area contributed by atoms with Crippen molar-refractivity contribution < 1.29 is 23.5 Å². The topological polar surface area (TPSA) is 77.6 Å². The normalized spacial score (nSPS) is 17.0. The lowest BCUT2D eigenvalue weighted by Gasteiger charge is -2.36. The van der Waals surface area contributed by atoms with Gasteiger partial charge in [-0.1, -0.05) is 18.5 Å². The van der Waals surface area contributed by atoms with E-state index in [0.29, 0.717) is 40.4 Å². The van der Waals surface area contributed by atoms with E-state index in [4.69, 9.17) is 33.3 Å². The molecular weight excluding hydrogens is 629 g/mol. The average molecular weight is 668 g/mol. The molecule has 9 nitrogen and oxygen atoms in total. The van der Waals surface area contributed by atoms with Crippen molar-refractivity contribution in [3.05, 3.63) is 77.6 Å². The molecule has 3 aromatic rings. The van der Waals surface area contributed by atoms with Gasteiger partial charge in [-0.2, -0.15) is 0 Å². The van der Waals surface area contributed by atoms with Crippen LogP contribution in [0.1, 0.15) is 26.2 Å². The Labute approximate surface area is 279 Å². The fourth-order valence-electron chi connectivity index (χ4n) is 5.71. The summed E-state index contributed by atoms with van der Waals surface area (Å²) in [5.74, 6) is 0.406. The Balaban J connectivity index is 1.23. The Morgan fingerprint density at radius 1 is 1.00 bits per heavy atom. The molecule has 2 aliphatic rings. The molecule has 0 unspecified atom stereocenters. The van der Waals surface area contributed by atoms with E-state index in [2.05, 4.69) is 15.1 Å². The third-order valence-electron chi connectivity index (χ3n) is 8.14. The molecule has 0 aromatic heterocycles. The van der Waals surface area contributed by atoms with Crippen LogP contribution in [-0.2, 0) is 9.59 Å². The lowest BCUT2D eigenvalue weighted by molar-refractivity contribution is -0.124. The number of anilines is 3. The molecule has 0 saturated carbocycles. The molecule has 3 aromatic carbocycles. The fraction of sp³-hybridized carbons (Fsp3) is 0.382. The van der Waals surface area contributed by atoms with Crippen LogP contribution in [0.15, 0.2) is 66.7 Å². The minimum Gasteiger partial charge on any atom is -0.495 e. The monoisotopic (exact) mass is 667 g/mol. The number of nitrogens with one attached hydrogen (secondary N) is 1. The number of carbonyl (C=O) groups excluding carboxylic acids is 2. The molecule has 0 aliphatic carbocycles. The van der Waals surface area contributed by atoms with Gasteiger partial charge in [0, 0.05) is 44.1 Å². The van der Waals surface area contributed by atoms with Crippen molar-refractivity contribution in [3.63, 3.8) is 0 Å². The number of benzene rings is 3. The van der Waals surface area contributed by atoms with E-state index in [9.17, 15) is 14.0 Å². The minimum absolute atomic E-state index is 0.0657. The number of hydrogen-bond acceptors (Lipinski definition) is 7. The molecule has 1 atom stereocenters. The predicted molar refractivity (Wildman–Crippen MR) is 184 cm³/mol. The van der Waals surface area contributed by atoms with Crippen LogP contribution in [-0.4, -0.2) is 85.8 Å². The number of methoxy groups -OCH3 is 1. The zero-order valence-corrected chi connectivity index (χ0v) is 27.7. The van der Waals surface area contributed by atoms with Gasteiger partial charge in [-0.05, 0) is 98.3 Å². The van der Waals surface area contributed by atoms with Crippen LogP contribution in [0, 0.1) is 5.82 Å². The summed E-state index contributed by atoms with van der Waals surface area (Å²) in [5, 5.41) is 3.60. The van der Waals surface area contributed by atoms with Gasteiger partial charge in [-0.3, -0.25) is 19.4 Å². The number of rotatable bonds is 13. The second kappa shape index (κ2) is 15.6. The molecule has 2 saturated heterocycles. The minimum atomic E-state index is -0.768. The van der Waals surface area contributed by atoms with Crippen molar-refractivity contribution in [2.75, 3.05) is 68.1 Å². The molecule has 2 heterocycles. The number of halogens is 2. The third kappa shape index (κ3) is 8.07. The maximum Gasteiger partial charge on any atom is 0.256 e. The van der Waals surface area contributed by atoms with Crippen LogP contribution in [0.25, 0.3) is 0 Å². The Bertz CT molecular complexity index is 1520. The van der Waals surface area contributed by atoms with Gasteiger partial charge in [0.05, 0.1) is 30.8 Å². The van der Waals surface area contributed by atoms with Crippen LogP contribution in [0.5, 0.6) is 11.5 Å². The maximum atomic E-state index is 13.9. The summed E-state index contributed by atoms with van der Waals surface area (Å²) in [5.41, 5.74) is 2.16. The van der Waals surface area contributed by atoms with Crippen LogP contribution in [0.3, 0.4) is 0 Å². The quantitative estimate of drug-likeness (QED) is 0.229. The Morgan fingerprint density at radius 2 is 1.70 bits per heavy atom. The Kier molecular flexibility index (Phi) is 11.3. The van der Waals surface area contributed by atoms with E-state index in [1.807, 2.05) is 36.1 Å². The van der Waals surface area contributed by atoms with Crippen LogP contribution < -0.4 is 24.6 Å². The maximum absolute atomic E-state index is 13.9. The summed E-state index contributed by atoms with van der Waals surface area (Å²) in [6, 6.07) is 18.1. The molecule has 46 heavy (non-hydrogen) atoms. The van der Waals surface area contributed by atoms with Crippen molar-refractivity contribution >= 4 is 57.8 Å². The van der Waals surface area contributed by atoms with Crippen molar-refractivity contribution in [2.45, 2.75) is 32.2 Å². The molecule has 2 amide bonds. The molecule has 5 rings (SSSR count). The number of hydrogen-bond donors (Lipinski definition) is 1. The van der Waals surface area contributed by atoms with Crippen molar-refractivity contribution in [3.8, 4) is 11.5 Å². The molecular formula is C34H39ClFN5O4S. The van der Waals surface area contributed by atoms with E-state index < -0.39 is 6.04 Å². The smallest absolute Gasteiger partial charge is 0.256 e. The van der Waals surface area contributed by atoms with Gasteiger partial charge >= 0.3 is 0 Å². The van der Waals surface area contributed by atoms with E-state index >= 15 is 0 Å². The van der Waals surface area contributed by atoms with Gasteiger partial charge in [0.15, 0.2) is 5.11 Å². The number of thiocarbonyl (C=S) groups is 1. The van der Waals surface area contributed by atoms with Gasteiger partial charge in [0.1, 0.15) is 23.4 Å². The van der Waals surface area contributed by atoms with E-state index in [1.165, 1.54) is 24.1 Å². The highest BCUT2D eigenvalue weighted by Crippen LogP contribution is 2.33. The van der Waals surface area contributed by atoms with Crippen molar-refractivity contribution in [2.24, 2.45) is 0 Å². The molecule has 244 valence electrons. The third-order valence-corrected chi connectivity index (χ3v) is 8.85. The number of nitrogens with zero attached hydrogens (tertiary/aromatic N) is 4. The second-order valence-electron chi connectivity index (χ2n) is 11.3. The summed E-state index contributed by atoms with van der Waals surface area (Å²) in [4.78, 5) is 35.0. The fourth-order valence-corrected chi connectivity index (χ4v) is 6.37. The Hall–Kier alpha value is -3.93. The van der Waals surface area contributed by atoms with E-state index in [0.717, 1.165) is 57.0 Å². The summed E-state index contributed by atoms with van der Waals surface area (Å²) < 4.78 is 24.3. The van der Waals surface area contributed by atoms with Gasteiger partial charge in [-0.15, -0.1) is 0 Å². The van der Waals surface area contributed by atoms with Gasteiger partial charge < -0.3 is 24.6 Å². The first-order valence-electron chi connectivity index (χ1n) is 15.5. The standard InChI is InChI=1S/C34H39ClFN5O4S/c1-3-21-45-28-12-7-25(8-13-28)37-32(42)23-30-33(43)41(27-11-14-31(44-2)29(35)22-27)34(46)40(30)16-4-15-38-17-19-39(20-18-38)26-9-5-24(36)6-10-26/h5-14,22,30H,3-4,15-21,23H2,1-2H3,(H,37,42)/t30-/m0/s1. The molecule has 1 N–H and O–H groups in total. The van der Waals surface area contributed by atoms with Crippen LogP contribution >= 0.6 is 23.8 Å². The van der Waals surface area contributed by atoms with Gasteiger partial charge in [-0.25, -0.2) is 4.39 Å². The van der Waals surface area contributed by atoms with Crippen molar-refractivity contribution in [1.29, 1.82) is 0 Å². The highest BCUT2D eigenvalue weighted by Gasteiger charge is 2.44. The van der Waals surface area contributed by atoms with Crippen LogP contribution in [0.2, 0.25) is 5.02 Å². The first-order valence-corrected chi connectivity index (χ1v) is 16.3. The summed E-state index contributed by atoms with van der Waals surface area (Å²) in [6.07, 6.45) is 1.59. The van der Waals surface area contributed by atoms with E-state index in [1.54, 1.807) is 30.3 Å². The highest BCUT2D eigenvalue weighted by molar-refractivity contribution is 7.80. The number of carbonyl (C=O) groups is 2. The Morgan fingerprint density at radius 3 is 2.35 bits per heavy atom. The van der Waals surface area contributed by atoms with Crippen molar-refractivity contribution in [1.82, 2.24) is 9.80 Å². The number of piperazine rings is 1. The van der Waals surface area contributed by atoms with Gasteiger partial charge in [0.25, 0.3) is 5.91 Å². The number of ether oxygens (including phenoxy) is 2. The summed E-state index contributed by atoms with van der Waals surface area (Å²) in [6.45, 7) is 7.38. The molecule has 0 spiro atoms. The van der Waals surface area contributed by atoms with Crippen LogP contribution in [0.4, 0.5) is 21.5 Å². The zero-order chi connectivity index (χ0) is 32.6. The zero-order valence-electron chi connectivity index (χ0n) is 26.1. The van der Waals surface area contributed by atoms with Gasteiger partial charge in [0.2, 0.25) is 5.91 Å². The predicted octanol–water partition coefficient (Wildman–Crippen LogP) is 5.82. The summed E-state index contributed by atoms with van der Waals surface area (Å²) in [7, 11) is 1.53. The first-order chi connectivity index (χ1) is 22.3. The summed E-state index contributed by atoms with van der Waals surface area (Å²) >= 11 is 12.2. The molecule has 12 heteroatoms. The lowest BCUT2D eigenvalue weighted by Crippen LogP contribution is -2.47. The second-order valence-corrected chi connectivity index (χ2v) is 12.0. The SMILES string of the molecule is CCCOc1ccc(NC(=O)C[C@H]2C(=O)N(c3ccc(OC)c(Cl)c3)C(=S)N2CCCN2CCN(c3ccc(F)cc3)CC2)cc1. The molecule has 2 fully saturated rings. The van der Waals surface area contributed by atoms with E-state index in [-0.39, 0.29) is 24.1 Å². The largest absolute Gasteiger partial charge is 0.495 e. The lowest BCUT2D eigenvalue weighted by atomic mass is 10.1. The highest BCUT2D eigenvalue weighted by atomic mass is 35.5. The molecule has 2 aliphatic heterocycles. The number of amides is 2. The molecule has 0 bridgehead atoms. The molecule has 0 radical (unpaired) electrons. The first kappa shape index (κ1) is 33.4. The average Bonchev–Trinajstić information content (AvgIpc) is 3.29.